The quantitative estimate of drug-likeness (QED) is 0.767. The number of hydrogen-bond donors (Lipinski definition) is 1. The van der Waals surface area contributed by atoms with E-state index >= 15 is 0 Å². The van der Waals surface area contributed by atoms with Gasteiger partial charge in [-0.25, -0.2) is 0 Å². The summed E-state index contributed by atoms with van der Waals surface area (Å²) in [6.45, 7) is 12.8. The summed E-state index contributed by atoms with van der Waals surface area (Å²) in [5.41, 5.74) is 4.81. The van der Waals surface area contributed by atoms with Crippen LogP contribution in [-0.4, -0.2) is 48.2 Å². The van der Waals surface area contributed by atoms with Crippen LogP contribution >= 0.6 is 11.3 Å². The Hall–Kier alpha value is -1.59. The summed E-state index contributed by atoms with van der Waals surface area (Å²) in [4.78, 5) is 9.80. The average molecular weight is 348 g/mol. The molecule has 5 heteroatoms. The van der Waals surface area contributed by atoms with E-state index in [4.69, 9.17) is 0 Å². The smallest absolute Gasteiger partial charge is 0.129 e. The molecular weight excluding hydrogens is 318 g/mol. The number of likely N-dealkylation sites (N-methyl/N-ethyl adjacent to an activating group) is 2. The standard InChI is InChI=1S/C19H29N3OS/c1-6-22(7-2)11-10-21(5)16-9-8-15(17-12-20-13-24-17)19(23)18(16)14(3)4/h8-9,12-14,23H,6-7,10-11H2,1-5H3. The molecule has 0 spiro atoms. The summed E-state index contributed by atoms with van der Waals surface area (Å²) in [7, 11) is 2.11. The predicted octanol–water partition coefficient (Wildman–Crippen LogP) is 4.42. The van der Waals surface area contributed by atoms with Gasteiger partial charge in [0.25, 0.3) is 0 Å². The fourth-order valence-corrected chi connectivity index (χ4v) is 3.65. The second kappa shape index (κ2) is 8.49. The average Bonchev–Trinajstić information content (AvgIpc) is 3.09. The summed E-state index contributed by atoms with van der Waals surface area (Å²) in [5, 5.41) is 10.9. The van der Waals surface area contributed by atoms with E-state index in [1.54, 1.807) is 16.8 Å². The molecule has 0 fully saturated rings. The van der Waals surface area contributed by atoms with Gasteiger partial charge in [-0.2, -0.15) is 0 Å². The van der Waals surface area contributed by atoms with Crippen LogP contribution in [0.2, 0.25) is 0 Å². The number of hydrogen-bond acceptors (Lipinski definition) is 5. The second-order valence-corrected chi connectivity index (χ2v) is 7.25. The zero-order valence-electron chi connectivity index (χ0n) is 15.4. The van der Waals surface area contributed by atoms with Crippen molar-refractivity contribution in [1.82, 2.24) is 9.88 Å². The first-order valence-electron chi connectivity index (χ1n) is 8.67. The molecule has 24 heavy (non-hydrogen) atoms. The van der Waals surface area contributed by atoms with Crippen LogP contribution in [0.25, 0.3) is 10.4 Å². The molecule has 0 saturated carbocycles. The lowest BCUT2D eigenvalue weighted by Gasteiger charge is -2.28. The van der Waals surface area contributed by atoms with Crippen LogP contribution in [0.1, 0.15) is 39.2 Å². The highest BCUT2D eigenvalue weighted by Crippen LogP contribution is 2.42. The molecule has 0 atom stereocenters. The Balaban J connectivity index is 2.31. The molecule has 2 aromatic rings. The number of aromatic hydroxyl groups is 1. The normalized spacial score (nSPS) is 11.5. The van der Waals surface area contributed by atoms with Gasteiger partial charge in [0.1, 0.15) is 5.75 Å². The highest BCUT2D eigenvalue weighted by molar-refractivity contribution is 7.13. The Bertz CT molecular complexity index is 636. The zero-order chi connectivity index (χ0) is 17.7. The van der Waals surface area contributed by atoms with Gasteiger partial charge >= 0.3 is 0 Å². The van der Waals surface area contributed by atoms with Crippen molar-refractivity contribution in [2.45, 2.75) is 33.6 Å². The number of rotatable bonds is 8. The summed E-state index contributed by atoms with van der Waals surface area (Å²) in [6.07, 6.45) is 1.81. The summed E-state index contributed by atoms with van der Waals surface area (Å²) in [6, 6.07) is 4.14. The van der Waals surface area contributed by atoms with Crippen LogP contribution in [0.5, 0.6) is 5.75 Å². The minimum Gasteiger partial charge on any atom is -0.507 e. The number of anilines is 1. The van der Waals surface area contributed by atoms with Gasteiger partial charge in [0.05, 0.1) is 10.4 Å². The van der Waals surface area contributed by atoms with E-state index in [9.17, 15) is 5.11 Å². The molecule has 4 nitrogen and oxygen atoms in total. The maximum atomic E-state index is 10.9. The summed E-state index contributed by atoms with van der Waals surface area (Å²) in [5.74, 6) is 0.644. The number of benzene rings is 1. The third-order valence-electron chi connectivity index (χ3n) is 4.53. The van der Waals surface area contributed by atoms with Crippen LogP contribution < -0.4 is 4.90 Å². The second-order valence-electron chi connectivity index (χ2n) is 6.36. The molecule has 1 aromatic heterocycles. The molecule has 0 radical (unpaired) electrons. The number of aromatic nitrogens is 1. The Morgan fingerprint density at radius 2 is 1.88 bits per heavy atom. The largest absolute Gasteiger partial charge is 0.507 e. The van der Waals surface area contributed by atoms with Crippen molar-refractivity contribution in [2.75, 3.05) is 38.1 Å². The van der Waals surface area contributed by atoms with Crippen molar-refractivity contribution in [3.8, 4) is 16.2 Å². The van der Waals surface area contributed by atoms with Gasteiger partial charge < -0.3 is 14.9 Å². The first kappa shape index (κ1) is 18.7. The van der Waals surface area contributed by atoms with Crippen LogP contribution in [-0.2, 0) is 0 Å². The molecular formula is C19H29N3OS. The lowest BCUT2D eigenvalue weighted by molar-refractivity contribution is 0.311. The third-order valence-corrected chi connectivity index (χ3v) is 5.33. The van der Waals surface area contributed by atoms with Gasteiger partial charge in [0.2, 0.25) is 0 Å². The van der Waals surface area contributed by atoms with Crippen LogP contribution in [0, 0.1) is 0 Å². The van der Waals surface area contributed by atoms with E-state index < -0.39 is 0 Å². The molecule has 0 saturated heterocycles. The SMILES string of the molecule is CCN(CC)CCN(C)c1ccc(-c2cncs2)c(O)c1C(C)C. The molecule has 2 rings (SSSR count). The van der Waals surface area contributed by atoms with E-state index in [1.807, 2.05) is 12.3 Å². The van der Waals surface area contributed by atoms with Crippen molar-refractivity contribution in [3.63, 3.8) is 0 Å². The van der Waals surface area contributed by atoms with Gasteiger partial charge in [0.15, 0.2) is 0 Å². The predicted molar refractivity (Wildman–Crippen MR) is 104 cm³/mol. The number of phenolic OH excluding ortho intramolecular Hbond substituents is 1. The molecule has 0 amide bonds. The van der Waals surface area contributed by atoms with Gasteiger partial charge in [-0.3, -0.25) is 4.98 Å². The lowest BCUT2D eigenvalue weighted by atomic mass is 9.95. The minimum absolute atomic E-state index is 0.253. The maximum Gasteiger partial charge on any atom is 0.129 e. The van der Waals surface area contributed by atoms with Gasteiger partial charge in [-0.05, 0) is 31.1 Å². The molecule has 0 aliphatic rings. The fraction of sp³-hybridized carbons (Fsp3) is 0.526. The van der Waals surface area contributed by atoms with E-state index in [0.717, 1.165) is 47.9 Å². The highest BCUT2D eigenvalue weighted by atomic mass is 32.1. The first-order chi connectivity index (χ1) is 11.5. The van der Waals surface area contributed by atoms with Crippen molar-refractivity contribution >= 4 is 17.0 Å². The van der Waals surface area contributed by atoms with Gasteiger partial charge in [-0.1, -0.05) is 27.7 Å². The van der Waals surface area contributed by atoms with E-state index in [0.29, 0.717) is 5.75 Å². The topological polar surface area (TPSA) is 39.6 Å². The molecule has 0 aliphatic carbocycles. The van der Waals surface area contributed by atoms with Gasteiger partial charge in [0, 0.05) is 43.1 Å². The molecule has 0 aliphatic heterocycles. The molecule has 0 unspecified atom stereocenters. The Kier molecular flexibility index (Phi) is 6.63. The number of nitrogens with zero attached hydrogens (tertiary/aromatic N) is 3. The number of phenols is 1. The van der Waals surface area contributed by atoms with Crippen LogP contribution in [0.4, 0.5) is 5.69 Å². The Morgan fingerprint density at radius 3 is 2.42 bits per heavy atom. The van der Waals surface area contributed by atoms with Gasteiger partial charge in [-0.15, -0.1) is 11.3 Å². The summed E-state index contributed by atoms with van der Waals surface area (Å²) >= 11 is 1.55. The van der Waals surface area contributed by atoms with E-state index in [-0.39, 0.29) is 5.92 Å². The van der Waals surface area contributed by atoms with Crippen molar-refractivity contribution < 1.29 is 5.11 Å². The van der Waals surface area contributed by atoms with Crippen molar-refractivity contribution in [3.05, 3.63) is 29.4 Å². The lowest BCUT2D eigenvalue weighted by Crippen LogP contribution is -2.33. The molecule has 1 heterocycles. The monoisotopic (exact) mass is 347 g/mol. The Labute approximate surface area is 149 Å². The van der Waals surface area contributed by atoms with Crippen LogP contribution in [0.15, 0.2) is 23.8 Å². The van der Waals surface area contributed by atoms with E-state index in [2.05, 4.69) is 55.6 Å². The molecule has 1 aromatic carbocycles. The third kappa shape index (κ3) is 4.08. The molecule has 132 valence electrons. The zero-order valence-corrected chi connectivity index (χ0v) is 16.2. The minimum atomic E-state index is 0.253. The molecule has 0 bridgehead atoms. The van der Waals surface area contributed by atoms with Crippen molar-refractivity contribution in [2.24, 2.45) is 0 Å². The Morgan fingerprint density at radius 1 is 1.17 bits per heavy atom. The molecule has 1 N–H and O–H groups in total. The number of thiazole rings is 1. The van der Waals surface area contributed by atoms with Crippen molar-refractivity contribution in [1.29, 1.82) is 0 Å². The maximum absolute atomic E-state index is 10.9. The van der Waals surface area contributed by atoms with Crippen LogP contribution in [0.3, 0.4) is 0 Å². The van der Waals surface area contributed by atoms with E-state index in [1.165, 1.54) is 0 Å². The fourth-order valence-electron chi connectivity index (χ4n) is 3.00. The highest BCUT2D eigenvalue weighted by Gasteiger charge is 2.19. The summed E-state index contributed by atoms with van der Waals surface area (Å²) < 4.78 is 0. The first-order valence-corrected chi connectivity index (χ1v) is 9.55.